The predicted octanol–water partition coefficient (Wildman–Crippen LogP) is 1.82. The van der Waals surface area contributed by atoms with Crippen LogP contribution in [0.2, 0.25) is 5.02 Å². The second kappa shape index (κ2) is 5.59. The minimum Gasteiger partial charge on any atom is -0.487 e. The molecule has 18 heavy (non-hydrogen) atoms. The van der Waals surface area contributed by atoms with Crippen LogP contribution in [0.4, 0.5) is 0 Å². The molecule has 0 aromatic heterocycles. The van der Waals surface area contributed by atoms with Gasteiger partial charge in [0, 0.05) is 12.1 Å². The summed E-state index contributed by atoms with van der Waals surface area (Å²) in [5.74, 6) is 0.594. The van der Waals surface area contributed by atoms with Gasteiger partial charge in [-0.25, -0.2) is 0 Å². The van der Waals surface area contributed by atoms with Gasteiger partial charge in [-0.15, -0.1) is 0 Å². The summed E-state index contributed by atoms with van der Waals surface area (Å²) in [6, 6.07) is 4.87. The molecule has 4 nitrogen and oxygen atoms in total. The van der Waals surface area contributed by atoms with Gasteiger partial charge in [0.1, 0.15) is 11.9 Å². The minimum absolute atomic E-state index is 0.107. The maximum Gasteiger partial charge on any atom is 0.248 e. The number of ether oxygens (including phenoxy) is 1. The van der Waals surface area contributed by atoms with Crippen molar-refractivity contribution in [1.82, 2.24) is 5.32 Å². The Bertz CT molecular complexity index is 451. The van der Waals surface area contributed by atoms with Crippen LogP contribution < -0.4 is 15.8 Å². The lowest BCUT2D eigenvalue weighted by Crippen LogP contribution is -2.42. The minimum atomic E-state index is -0.490. The molecule has 0 bridgehead atoms. The first-order valence-electron chi connectivity index (χ1n) is 6.04. The van der Waals surface area contributed by atoms with E-state index in [4.69, 9.17) is 22.1 Å². The average molecular weight is 269 g/mol. The Labute approximate surface area is 111 Å². The normalized spacial score (nSPS) is 23.7. The predicted molar refractivity (Wildman–Crippen MR) is 71.0 cm³/mol. The first-order chi connectivity index (χ1) is 8.58. The van der Waals surface area contributed by atoms with Crippen LogP contribution in [-0.4, -0.2) is 25.1 Å². The molecule has 1 aliphatic rings. The number of nitrogens with one attached hydrogen (secondary N) is 1. The standard InChI is InChI=1S/C13H17ClN2O2/c1-8-4-5-16-7-12(8)18-11-3-2-9(13(15)17)6-10(11)14/h2-3,6,8,12,16H,4-5,7H2,1H3,(H2,15,17). The molecule has 0 saturated carbocycles. The van der Waals surface area contributed by atoms with Crippen molar-refractivity contribution < 1.29 is 9.53 Å². The molecule has 1 amide bonds. The largest absolute Gasteiger partial charge is 0.487 e. The van der Waals surface area contributed by atoms with Gasteiger partial charge in [-0.1, -0.05) is 18.5 Å². The molecule has 0 spiro atoms. The van der Waals surface area contributed by atoms with Gasteiger partial charge >= 0.3 is 0 Å². The van der Waals surface area contributed by atoms with Gasteiger partial charge in [0.05, 0.1) is 5.02 Å². The van der Waals surface area contributed by atoms with E-state index < -0.39 is 5.91 Å². The van der Waals surface area contributed by atoms with Crippen LogP contribution in [0.1, 0.15) is 23.7 Å². The number of halogens is 1. The zero-order valence-corrected chi connectivity index (χ0v) is 11.0. The average Bonchev–Trinajstić information content (AvgIpc) is 2.34. The highest BCUT2D eigenvalue weighted by molar-refractivity contribution is 6.32. The maximum absolute atomic E-state index is 11.0. The highest BCUT2D eigenvalue weighted by atomic mass is 35.5. The van der Waals surface area contributed by atoms with E-state index in [1.54, 1.807) is 18.2 Å². The van der Waals surface area contributed by atoms with Crippen LogP contribution >= 0.6 is 11.6 Å². The Morgan fingerprint density at radius 1 is 1.56 bits per heavy atom. The summed E-state index contributed by atoms with van der Waals surface area (Å²) in [5, 5.41) is 3.71. The number of nitrogens with two attached hydrogens (primary N) is 1. The fourth-order valence-corrected chi connectivity index (χ4v) is 2.26. The summed E-state index contributed by atoms with van der Waals surface area (Å²) in [4.78, 5) is 11.0. The topological polar surface area (TPSA) is 64.3 Å². The van der Waals surface area contributed by atoms with Crippen molar-refractivity contribution in [2.45, 2.75) is 19.4 Å². The van der Waals surface area contributed by atoms with E-state index in [-0.39, 0.29) is 6.10 Å². The number of rotatable bonds is 3. The van der Waals surface area contributed by atoms with Crippen LogP contribution in [0.5, 0.6) is 5.75 Å². The quantitative estimate of drug-likeness (QED) is 0.879. The third-order valence-corrected chi connectivity index (χ3v) is 3.55. The Morgan fingerprint density at radius 2 is 2.33 bits per heavy atom. The highest BCUT2D eigenvalue weighted by Gasteiger charge is 2.23. The molecule has 1 aliphatic heterocycles. The molecular formula is C13H17ClN2O2. The zero-order valence-electron chi connectivity index (χ0n) is 10.3. The maximum atomic E-state index is 11.0. The lowest BCUT2D eigenvalue weighted by molar-refractivity contribution is 0.0999. The van der Waals surface area contributed by atoms with Crippen molar-refractivity contribution in [2.24, 2.45) is 11.7 Å². The van der Waals surface area contributed by atoms with Crippen LogP contribution in [0.25, 0.3) is 0 Å². The molecule has 1 saturated heterocycles. The monoisotopic (exact) mass is 268 g/mol. The van der Waals surface area contributed by atoms with E-state index in [1.807, 2.05) is 0 Å². The molecule has 0 aliphatic carbocycles. The Hall–Kier alpha value is -1.26. The fourth-order valence-electron chi connectivity index (χ4n) is 2.03. The number of amides is 1. The Morgan fingerprint density at radius 3 is 2.94 bits per heavy atom. The lowest BCUT2D eigenvalue weighted by Gasteiger charge is -2.30. The van der Waals surface area contributed by atoms with Crippen molar-refractivity contribution in [2.75, 3.05) is 13.1 Å². The van der Waals surface area contributed by atoms with E-state index in [1.165, 1.54) is 0 Å². The first kappa shape index (κ1) is 13.2. The van der Waals surface area contributed by atoms with E-state index in [0.717, 1.165) is 19.5 Å². The number of hydrogen-bond acceptors (Lipinski definition) is 3. The van der Waals surface area contributed by atoms with Crippen molar-refractivity contribution in [3.05, 3.63) is 28.8 Å². The second-order valence-corrected chi connectivity index (χ2v) is 5.04. The van der Waals surface area contributed by atoms with Gasteiger partial charge in [-0.3, -0.25) is 4.79 Å². The molecule has 1 aromatic rings. The molecule has 2 rings (SSSR count). The summed E-state index contributed by atoms with van der Waals surface area (Å²) < 4.78 is 5.89. The van der Waals surface area contributed by atoms with Gasteiger partial charge < -0.3 is 15.8 Å². The van der Waals surface area contributed by atoms with E-state index >= 15 is 0 Å². The number of hydrogen-bond donors (Lipinski definition) is 2. The summed E-state index contributed by atoms with van der Waals surface area (Å²) in [6.45, 7) is 4.00. The third kappa shape index (κ3) is 2.94. The molecule has 2 atom stereocenters. The van der Waals surface area contributed by atoms with E-state index in [2.05, 4.69) is 12.2 Å². The molecule has 5 heteroatoms. The Balaban J connectivity index is 2.11. The fraction of sp³-hybridized carbons (Fsp3) is 0.462. The highest BCUT2D eigenvalue weighted by Crippen LogP contribution is 2.28. The van der Waals surface area contributed by atoms with Crippen molar-refractivity contribution in [1.29, 1.82) is 0 Å². The Kier molecular flexibility index (Phi) is 4.09. The summed E-state index contributed by atoms with van der Waals surface area (Å²) in [6.07, 6.45) is 1.19. The molecule has 1 aromatic carbocycles. The number of carbonyl (C=O) groups excluding carboxylic acids is 1. The van der Waals surface area contributed by atoms with Crippen molar-refractivity contribution in [3.8, 4) is 5.75 Å². The molecule has 3 N–H and O–H groups in total. The lowest BCUT2D eigenvalue weighted by atomic mass is 9.97. The van der Waals surface area contributed by atoms with Crippen LogP contribution in [0.15, 0.2) is 18.2 Å². The summed E-state index contributed by atoms with van der Waals surface area (Å²) >= 11 is 6.09. The zero-order chi connectivity index (χ0) is 13.1. The molecule has 1 fully saturated rings. The van der Waals surface area contributed by atoms with Gasteiger partial charge in [0.2, 0.25) is 5.91 Å². The summed E-state index contributed by atoms with van der Waals surface area (Å²) in [5.41, 5.74) is 5.58. The number of benzene rings is 1. The second-order valence-electron chi connectivity index (χ2n) is 4.64. The number of piperidine rings is 1. The van der Waals surface area contributed by atoms with Gasteiger partial charge in [0.15, 0.2) is 0 Å². The SMILES string of the molecule is CC1CCNCC1Oc1ccc(C(N)=O)cc1Cl. The summed E-state index contributed by atoms with van der Waals surface area (Å²) in [7, 11) is 0. The van der Waals surface area contributed by atoms with Gasteiger partial charge in [-0.2, -0.15) is 0 Å². The van der Waals surface area contributed by atoms with E-state index in [0.29, 0.717) is 22.3 Å². The third-order valence-electron chi connectivity index (χ3n) is 3.25. The first-order valence-corrected chi connectivity index (χ1v) is 6.42. The smallest absolute Gasteiger partial charge is 0.248 e. The van der Waals surface area contributed by atoms with Crippen LogP contribution in [0.3, 0.4) is 0 Å². The molecular weight excluding hydrogens is 252 g/mol. The van der Waals surface area contributed by atoms with Crippen molar-refractivity contribution >= 4 is 17.5 Å². The number of primary amides is 1. The van der Waals surface area contributed by atoms with Gasteiger partial charge in [-0.05, 0) is 37.1 Å². The molecule has 98 valence electrons. The number of carbonyl (C=O) groups is 1. The van der Waals surface area contributed by atoms with Crippen LogP contribution in [-0.2, 0) is 0 Å². The van der Waals surface area contributed by atoms with Crippen LogP contribution in [0, 0.1) is 5.92 Å². The van der Waals surface area contributed by atoms with E-state index in [9.17, 15) is 4.79 Å². The van der Waals surface area contributed by atoms with Gasteiger partial charge in [0.25, 0.3) is 0 Å². The molecule has 1 heterocycles. The molecule has 2 unspecified atom stereocenters. The molecule has 0 radical (unpaired) electrons. The van der Waals surface area contributed by atoms with Crippen molar-refractivity contribution in [3.63, 3.8) is 0 Å².